The van der Waals surface area contributed by atoms with E-state index >= 15 is 0 Å². The number of hydrogen-bond acceptors (Lipinski definition) is 4. The molecule has 0 radical (unpaired) electrons. The van der Waals surface area contributed by atoms with Gasteiger partial charge in [-0.15, -0.1) is 0 Å². The van der Waals surface area contributed by atoms with E-state index in [-0.39, 0.29) is 0 Å². The van der Waals surface area contributed by atoms with Crippen LogP contribution >= 0.6 is 11.6 Å². The van der Waals surface area contributed by atoms with Crippen LogP contribution in [-0.4, -0.2) is 20.4 Å². The van der Waals surface area contributed by atoms with Crippen molar-refractivity contribution in [2.24, 2.45) is 5.10 Å². The maximum Gasteiger partial charge on any atom is 0.169 e. The van der Waals surface area contributed by atoms with Gasteiger partial charge in [0, 0.05) is 10.6 Å². The van der Waals surface area contributed by atoms with Crippen LogP contribution in [0, 0.1) is 0 Å². The van der Waals surface area contributed by atoms with Crippen LogP contribution in [-0.2, 0) is 0 Å². The van der Waals surface area contributed by atoms with E-state index in [0.717, 1.165) is 11.3 Å². The first-order valence-electron chi connectivity index (χ1n) is 6.00. The second kappa shape index (κ2) is 6.82. The lowest BCUT2D eigenvalue weighted by molar-refractivity contribution is 0.354. The third-order valence-electron chi connectivity index (χ3n) is 2.66. The highest BCUT2D eigenvalue weighted by Crippen LogP contribution is 2.29. The molecule has 104 valence electrons. The van der Waals surface area contributed by atoms with Crippen molar-refractivity contribution in [2.75, 3.05) is 19.6 Å². The Balaban J connectivity index is 2.15. The summed E-state index contributed by atoms with van der Waals surface area (Å²) >= 11 is 5.90. The van der Waals surface area contributed by atoms with Crippen LogP contribution in [0.1, 0.15) is 5.56 Å². The summed E-state index contributed by atoms with van der Waals surface area (Å²) in [6.07, 6.45) is 1.67. The maximum atomic E-state index is 5.90. The van der Waals surface area contributed by atoms with Crippen LogP contribution in [0.5, 0.6) is 11.5 Å². The number of hydrogen-bond donors (Lipinski definition) is 1. The second-order valence-corrected chi connectivity index (χ2v) is 4.40. The molecule has 0 aromatic heterocycles. The van der Waals surface area contributed by atoms with Gasteiger partial charge in [-0.3, -0.25) is 5.43 Å². The molecule has 0 bridgehead atoms. The summed E-state index contributed by atoms with van der Waals surface area (Å²) in [5.41, 5.74) is 4.55. The number of methoxy groups -OCH3 is 2. The van der Waals surface area contributed by atoms with Gasteiger partial charge in [-0.05, 0) is 30.3 Å². The average Bonchev–Trinajstić information content (AvgIpc) is 2.47. The van der Waals surface area contributed by atoms with Gasteiger partial charge in [0.2, 0.25) is 0 Å². The molecule has 0 saturated heterocycles. The Morgan fingerprint density at radius 2 is 1.90 bits per heavy atom. The van der Waals surface area contributed by atoms with Gasteiger partial charge in [-0.2, -0.15) is 5.10 Å². The van der Waals surface area contributed by atoms with Crippen molar-refractivity contribution >= 4 is 23.5 Å². The van der Waals surface area contributed by atoms with Crippen molar-refractivity contribution in [1.82, 2.24) is 0 Å². The molecule has 0 saturated carbocycles. The summed E-state index contributed by atoms with van der Waals surface area (Å²) in [7, 11) is 3.20. The molecule has 0 aliphatic carbocycles. The zero-order valence-corrected chi connectivity index (χ0v) is 12.0. The normalized spacial score (nSPS) is 10.6. The zero-order valence-electron chi connectivity index (χ0n) is 11.3. The average molecular weight is 291 g/mol. The van der Waals surface area contributed by atoms with E-state index in [9.17, 15) is 0 Å². The Morgan fingerprint density at radius 3 is 2.60 bits per heavy atom. The lowest BCUT2D eigenvalue weighted by atomic mass is 10.2. The molecule has 0 spiro atoms. The Kier molecular flexibility index (Phi) is 4.85. The maximum absolute atomic E-state index is 5.90. The summed E-state index contributed by atoms with van der Waals surface area (Å²) in [5.74, 6) is 1.31. The number of para-hydroxylation sites is 1. The van der Waals surface area contributed by atoms with E-state index in [1.807, 2.05) is 36.4 Å². The number of nitrogens with zero attached hydrogens (tertiary/aromatic N) is 1. The quantitative estimate of drug-likeness (QED) is 0.673. The molecular weight excluding hydrogens is 276 g/mol. The van der Waals surface area contributed by atoms with Crippen molar-refractivity contribution in [3.63, 3.8) is 0 Å². The summed E-state index contributed by atoms with van der Waals surface area (Å²) in [6.45, 7) is 0. The number of hydrazone groups is 1. The first kappa shape index (κ1) is 14.2. The summed E-state index contributed by atoms with van der Waals surface area (Å²) < 4.78 is 10.6. The lowest BCUT2D eigenvalue weighted by Gasteiger charge is -2.09. The van der Waals surface area contributed by atoms with Gasteiger partial charge in [0.05, 0.1) is 26.1 Å². The van der Waals surface area contributed by atoms with Gasteiger partial charge >= 0.3 is 0 Å². The van der Waals surface area contributed by atoms with E-state index in [0.29, 0.717) is 16.5 Å². The number of ether oxygens (including phenoxy) is 2. The minimum absolute atomic E-state index is 0.645. The van der Waals surface area contributed by atoms with Crippen LogP contribution in [0.2, 0.25) is 5.02 Å². The molecule has 0 fully saturated rings. The van der Waals surface area contributed by atoms with Crippen molar-refractivity contribution in [3.05, 3.63) is 53.1 Å². The molecule has 0 heterocycles. The standard InChI is InChI=1S/C15H15ClN2O2/c1-19-14-8-3-5-11(15(14)20-2)10-17-18-13-7-4-6-12(16)9-13/h3-10,18H,1-2H3/b17-10+. The van der Waals surface area contributed by atoms with Gasteiger partial charge in [0.15, 0.2) is 11.5 Å². The van der Waals surface area contributed by atoms with Gasteiger partial charge < -0.3 is 9.47 Å². The van der Waals surface area contributed by atoms with Crippen molar-refractivity contribution in [3.8, 4) is 11.5 Å². The SMILES string of the molecule is COc1cccc(/C=N/Nc2cccc(Cl)c2)c1OC. The molecule has 0 aliphatic rings. The largest absolute Gasteiger partial charge is 0.493 e. The van der Waals surface area contributed by atoms with Crippen molar-refractivity contribution < 1.29 is 9.47 Å². The second-order valence-electron chi connectivity index (χ2n) is 3.96. The highest BCUT2D eigenvalue weighted by molar-refractivity contribution is 6.30. The van der Waals surface area contributed by atoms with E-state index in [2.05, 4.69) is 10.5 Å². The third-order valence-corrected chi connectivity index (χ3v) is 2.89. The highest BCUT2D eigenvalue weighted by atomic mass is 35.5. The lowest BCUT2D eigenvalue weighted by Crippen LogP contribution is -1.96. The number of nitrogens with one attached hydrogen (secondary N) is 1. The highest BCUT2D eigenvalue weighted by Gasteiger charge is 2.06. The fourth-order valence-electron chi connectivity index (χ4n) is 1.75. The molecule has 4 nitrogen and oxygen atoms in total. The zero-order chi connectivity index (χ0) is 14.4. The molecule has 0 amide bonds. The number of rotatable bonds is 5. The third kappa shape index (κ3) is 3.42. The van der Waals surface area contributed by atoms with E-state index in [1.54, 1.807) is 26.5 Å². The Bertz CT molecular complexity index is 615. The minimum atomic E-state index is 0.645. The smallest absolute Gasteiger partial charge is 0.169 e. The monoisotopic (exact) mass is 290 g/mol. The van der Waals surface area contributed by atoms with Gasteiger partial charge in [-0.25, -0.2) is 0 Å². The Labute approximate surface area is 123 Å². The molecule has 5 heteroatoms. The van der Waals surface area contributed by atoms with Gasteiger partial charge in [0.1, 0.15) is 0 Å². The van der Waals surface area contributed by atoms with Crippen LogP contribution in [0.4, 0.5) is 5.69 Å². The predicted octanol–water partition coefficient (Wildman–Crippen LogP) is 3.80. The molecule has 2 aromatic rings. The van der Waals surface area contributed by atoms with Gasteiger partial charge in [-0.1, -0.05) is 23.7 Å². The fourth-order valence-corrected chi connectivity index (χ4v) is 1.94. The molecule has 1 N–H and O–H groups in total. The Hall–Kier alpha value is -2.20. The molecule has 20 heavy (non-hydrogen) atoms. The molecule has 0 unspecified atom stereocenters. The van der Waals surface area contributed by atoms with Gasteiger partial charge in [0.25, 0.3) is 0 Å². The molecule has 2 aromatic carbocycles. The molecule has 2 rings (SSSR count). The summed E-state index contributed by atoms with van der Waals surface area (Å²) in [6, 6.07) is 12.9. The first-order valence-corrected chi connectivity index (χ1v) is 6.38. The predicted molar refractivity (Wildman–Crippen MR) is 82.2 cm³/mol. The van der Waals surface area contributed by atoms with Crippen LogP contribution < -0.4 is 14.9 Å². The minimum Gasteiger partial charge on any atom is -0.493 e. The van der Waals surface area contributed by atoms with E-state index in [4.69, 9.17) is 21.1 Å². The molecule has 0 aliphatic heterocycles. The van der Waals surface area contributed by atoms with E-state index in [1.165, 1.54) is 0 Å². The van der Waals surface area contributed by atoms with Crippen molar-refractivity contribution in [1.29, 1.82) is 0 Å². The topological polar surface area (TPSA) is 42.8 Å². The summed E-state index contributed by atoms with van der Waals surface area (Å²) in [5, 5.41) is 4.82. The van der Waals surface area contributed by atoms with Crippen molar-refractivity contribution in [2.45, 2.75) is 0 Å². The summed E-state index contributed by atoms with van der Waals surface area (Å²) in [4.78, 5) is 0. The number of halogens is 1. The van der Waals surface area contributed by atoms with Crippen LogP contribution in [0.25, 0.3) is 0 Å². The molecular formula is C15H15ClN2O2. The van der Waals surface area contributed by atoms with Crippen LogP contribution in [0.15, 0.2) is 47.6 Å². The number of benzene rings is 2. The Morgan fingerprint density at radius 1 is 1.10 bits per heavy atom. The first-order chi connectivity index (χ1) is 9.74. The molecule has 0 atom stereocenters. The fraction of sp³-hybridized carbons (Fsp3) is 0.133. The van der Waals surface area contributed by atoms with Crippen LogP contribution in [0.3, 0.4) is 0 Å². The number of anilines is 1. The van der Waals surface area contributed by atoms with E-state index < -0.39 is 0 Å².